The van der Waals surface area contributed by atoms with Gasteiger partial charge >= 0.3 is 5.69 Å². The second-order valence-corrected chi connectivity index (χ2v) is 7.76. The molecule has 2 aromatic heterocycles. The molecule has 0 bridgehead atoms. The maximum atomic E-state index is 13.2. The fourth-order valence-electron chi connectivity index (χ4n) is 4.01. The van der Waals surface area contributed by atoms with Crippen molar-refractivity contribution in [3.63, 3.8) is 0 Å². The lowest BCUT2D eigenvalue weighted by Crippen LogP contribution is -2.40. The van der Waals surface area contributed by atoms with Crippen molar-refractivity contribution in [3.05, 3.63) is 45.1 Å². The highest BCUT2D eigenvalue weighted by atomic mass is 16.5. The lowest BCUT2D eigenvalue weighted by atomic mass is 10.1. The van der Waals surface area contributed by atoms with Crippen LogP contribution in [0.2, 0.25) is 0 Å². The first-order chi connectivity index (χ1) is 14.0. The van der Waals surface area contributed by atoms with Crippen molar-refractivity contribution in [1.82, 2.24) is 18.7 Å². The van der Waals surface area contributed by atoms with Gasteiger partial charge in [0.1, 0.15) is 5.75 Å². The van der Waals surface area contributed by atoms with Crippen LogP contribution in [0.15, 0.2) is 33.9 Å². The van der Waals surface area contributed by atoms with Gasteiger partial charge in [0, 0.05) is 38.4 Å². The summed E-state index contributed by atoms with van der Waals surface area (Å²) in [6, 6.07) is 7.80. The first kappa shape index (κ1) is 19.3. The average molecular weight is 397 g/mol. The van der Waals surface area contributed by atoms with E-state index in [-0.39, 0.29) is 11.2 Å². The molecule has 3 heterocycles. The zero-order chi connectivity index (χ0) is 20.7. The molecule has 3 aromatic rings. The normalized spacial score (nSPS) is 16.3. The van der Waals surface area contributed by atoms with Crippen LogP contribution in [0.25, 0.3) is 11.2 Å². The molecule has 0 saturated heterocycles. The molecule has 8 heteroatoms. The molecule has 8 nitrogen and oxygen atoms in total. The van der Waals surface area contributed by atoms with Gasteiger partial charge in [-0.05, 0) is 24.5 Å². The van der Waals surface area contributed by atoms with Crippen LogP contribution in [0.1, 0.15) is 26.7 Å². The molecule has 154 valence electrons. The number of fused-ring (bicyclic) bond motifs is 3. The summed E-state index contributed by atoms with van der Waals surface area (Å²) < 4.78 is 10.2. The van der Waals surface area contributed by atoms with Crippen LogP contribution in [-0.4, -0.2) is 32.3 Å². The highest BCUT2D eigenvalue weighted by molar-refractivity contribution is 5.77. The van der Waals surface area contributed by atoms with Gasteiger partial charge in [-0.1, -0.05) is 26.3 Å². The van der Waals surface area contributed by atoms with Gasteiger partial charge in [-0.25, -0.2) is 4.79 Å². The van der Waals surface area contributed by atoms with E-state index in [9.17, 15) is 9.59 Å². The van der Waals surface area contributed by atoms with Crippen molar-refractivity contribution in [1.29, 1.82) is 0 Å². The van der Waals surface area contributed by atoms with E-state index in [0.29, 0.717) is 36.1 Å². The van der Waals surface area contributed by atoms with E-state index in [1.807, 2.05) is 35.8 Å². The van der Waals surface area contributed by atoms with Crippen molar-refractivity contribution in [2.75, 3.05) is 18.6 Å². The Labute approximate surface area is 169 Å². The molecule has 0 fully saturated rings. The van der Waals surface area contributed by atoms with Gasteiger partial charge in [0.2, 0.25) is 5.95 Å². The number of aryl methyl sites for hydroxylation is 1. The first-order valence-corrected chi connectivity index (χ1v) is 10.1. The number of imidazole rings is 1. The molecule has 0 saturated carbocycles. The van der Waals surface area contributed by atoms with Crippen LogP contribution in [-0.2, 0) is 20.1 Å². The molecule has 1 atom stereocenters. The summed E-state index contributed by atoms with van der Waals surface area (Å²) in [4.78, 5) is 32.8. The number of unbranched alkanes of at least 4 members (excludes halogenated alkanes) is 1. The summed E-state index contributed by atoms with van der Waals surface area (Å²) in [5.74, 6) is 1.76. The van der Waals surface area contributed by atoms with Gasteiger partial charge in [0.25, 0.3) is 5.56 Å². The molecule has 0 spiro atoms. The molecular formula is C21H27N5O3. The second-order valence-electron chi connectivity index (χ2n) is 7.76. The molecule has 1 aliphatic heterocycles. The minimum atomic E-state index is -0.313. The third kappa shape index (κ3) is 3.12. The van der Waals surface area contributed by atoms with Crippen LogP contribution in [0.3, 0.4) is 0 Å². The van der Waals surface area contributed by atoms with Gasteiger partial charge in [-0.2, -0.15) is 4.98 Å². The number of nitrogens with zero attached hydrogens (tertiary/aromatic N) is 5. The smallest absolute Gasteiger partial charge is 0.332 e. The Morgan fingerprint density at radius 3 is 2.76 bits per heavy atom. The van der Waals surface area contributed by atoms with Crippen molar-refractivity contribution >= 4 is 22.8 Å². The Morgan fingerprint density at radius 1 is 1.24 bits per heavy atom. The Balaban J connectivity index is 1.96. The highest BCUT2D eigenvalue weighted by Gasteiger charge is 2.29. The number of benzene rings is 1. The van der Waals surface area contributed by atoms with E-state index in [2.05, 4.69) is 11.8 Å². The van der Waals surface area contributed by atoms with Gasteiger partial charge in [0.05, 0.1) is 7.11 Å². The average Bonchev–Trinajstić information content (AvgIpc) is 3.11. The summed E-state index contributed by atoms with van der Waals surface area (Å²) in [5.41, 5.74) is 1.31. The van der Waals surface area contributed by atoms with E-state index < -0.39 is 0 Å². The number of hydrogen-bond donors (Lipinski definition) is 0. The SMILES string of the molecule is CCCCn1c(=O)c2c(nc3n2CC(C)CN3c2cccc(OC)c2)n(C)c1=O. The lowest BCUT2D eigenvalue weighted by Gasteiger charge is -2.33. The molecule has 0 aliphatic carbocycles. The third-order valence-corrected chi connectivity index (χ3v) is 5.54. The maximum absolute atomic E-state index is 13.2. The predicted molar refractivity (Wildman–Crippen MR) is 113 cm³/mol. The number of rotatable bonds is 5. The number of hydrogen-bond acceptors (Lipinski definition) is 5. The summed E-state index contributed by atoms with van der Waals surface area (Å²) in [7, 11) is 3.33. The van der Waals surface area contributed by atoms with Gasteiger partial charge < -0.3 is 14.2 Å². The van der Waals surface area contributed by atoms with Gasteiger partial charge in [0.15, 0.2) is 11.2 Å². The first-order valence-electron chi connectivity index (χ1n) is 10.1. The number of anilines is 2. The van der Waals surface area contributed by atoms with Crippen molar-refractivity contribution < 1.29 is 4.74 Å². The van der Waals surface area contributed by atoms with Crippen LogP contribution in [0.4, 0.5) is 11.6 Å². The molecule has 1 aromatic carbocycles. The topological polar surface area (TPSA) is 74.3 Å². The number of ether oxygens (including phenoxy) is 1. The monoisotopic (exact) mass is 397 g/mol. The van der Waals surface area contributed by atoms with Crippen LogP contribution in [0.5, 0.6) is 5.75 Å². The molecular weight excluding hydrogens is 370 g/mol. The van der Waals surface area contributed by atoms with E-state index in [1.165, 1.54) is 9.13 Å². The fourth-order valence-corrected chi connectivity index (χ4v) is 4.01. The minimum Gasteiger partial charge on any atom is -0.497 e. The van der Waals surface area contributed by atoms with E-state index >= 15 is 0 Å². The van der Waals surface area contributed by atoms with Crippen molar-refractivity contribution in [2.24, 2.45) is 13.0 Å². The zero-order valence-electron chi connectivity index (χ0n) is 17.4. The molecule has 0 radical (unpaired) electrons. The molecule has 4 rings (SSSR count). The lowest BCUT2D eigenvalue weighted by molar-refractivity contribution is 0.414. The summed E-state index contributed by atoms with van der Waals surface area (Å²) in [5, 5.41) is 0. The van der Waals surface area contributed by atoms with Crippen molar-refractivity contribution in [2.45, 2.75) is 39.8 Å². The largest absolute Gasteiger partial charge is 0.497 e. The van der Waals surface area contributed by atoms with Crippen LogP contribution >= 0.6 is 0 Å². The maximum Gasteiger partial charge on any atom is 0.332 e. The van der Waals surface area contributed by atoms with E-state index in [0.717, 1.165) is 30.8 Å². The number of methoxy groups -OCH3 is 1. The Bertz CT molecular complexity index is 1170. The highest BCUT2D eigenvalue weighted by Crippen LogP contribution is 2.34. The van der Waals surface area contributed by atoms with E-state index in [1.54, 1.807) is 14.2 Å². The van der Waals surface area contributed by atoms with Crippen molar-refractivity contribution in [3.8, 4) is 5.75 Å². The molecule has 0 N–H and O–H groups in total. The van der Waals surface area contributed by atoms with Gasteiger partial charge in [-0.15, -0.1) is 0 Å². The van der Waals surface area contributed by atoms with E-state index in [4.69, 9.17) is 9.72 Å². The van der Waals surface area contributed by atoms with Crippen LogP contribution < -0.4 is 20.9 Å². The number of aromatic nitrogens is 4. The predicted octanol–water partition coefficient (Wildman–Crippen LogP) is 2.49. The minimum absolute atomic E-state index is 0.255. The summed E-state index contributed by atoms with van der Waals surface area (Å²) in [6.45, 7) is 6.08. The second kappa shape index (κ2) is 7.42. The molecule has 1 aliphatic rings. The molecule has 29 heavy (non-hydrogen) atoms. The Morgan fingerprint density at radius 2 is 2.03 bits per heavy atom. The molecule has 1 unspecified atom stereocenters. The molecule has 0 amide bonds. The summed E-state index contributed by atoms with van der Waals surface area (Å²) >= 11 is 0. The van der Waals surface area contributed by atoms with Crippen LogP contribution in [0, 0.1) is 5.92 Å². The Hall–Kier alpha value is -3.03. The quantitative estimate of drug-likeness (QED) is 0.661. The third-order valence-electron chi connectivity index (χ3n) is 5.54. The fraction of sp³-hybridized carbons (Fsp3) is 0.476. The standard InChI is InChI=1S/C21H27N5O3/c1-5-6-10-24-19(27)17-18(23(3)21(24)28)22-20-25(12-14(2)13-26(17)20)15-8-7-9-16(11-15)29-4/h7-9,11,14H,5-6,10,12-13H2,1-4H3. The zero-order valence-corrected chi connectivity index (χ0v) is 17.4. The van der Waals surface area contributed by atoms with Gasteiger partial charge in [-0.3, -0.25) is 13.9 Å². The Kier molecular flexibility index (Phi) is 4.94. The summed E-state index contributed by atoms with van der Waals surface area (Å²) in [6.07, 6.45) is 1.70.